The van der Waals surface area contributed by atoms with E-state index < -0.39 is 0 Å². The standard InChI is InChI=1S/C18H22BrNO2/c1-4-21-17-10-15(11-20-3)9-16(19)18(17)22-12-14-7-5-13(2)6-8-14/h5-10,20H,4,11-12H2,1-3H3. The largest absolute Gasteiger partial charge is 0.490 e. The van der Waals surface area contributed by atoms with Gasteiger partial charge in [0.05, 0.1) is 11.1 Å². The van der Waals surface area contributed by atoms with Crippen LogP contribution in [0.1, 0.15) is 23.6 Å². The Bertz CT molecular complexity index is 611. The zero-order valence-corrected chi connectivity index (χ0v) is 14.9. The molecule has 0 fully saturated rings. The third kappa shape index (κ3) is 4.49. The highest BCUT2D eigenvalue weighted by Gasteiger charge is 2.12. The fourth-order valence-electron chi connectivity index (χ4n) is 2.17. The zero-order valence-electron chi connectivity index (χ0n) is 13.3. The number of ether oxygens (including phenoxy) is 2. The van der Waals surface area contributed by atoms with Crippen molar-refractivity contribution in [2.75, 3.05) is 13.7 Å². The van der Waals surface area contributed by atoms with Crippen LogP contribution in [0, 0.1) is 6.92 Å². The molecule has 0 saturated heterocycles. The molecule has 0 saturated carbocycles. The van der Waals surface area contributed by atoms with Gasteiger partial charge in [0, 0.05) is 6.54 Å². The van der Waals surface area contributed by atoms with Gasteiger partial charge in [0.1, 0.15) is 6.61 Å². The molecule has 0 aliphatic carbocycles. The SMILES string of the molecule is CCOc1cc(CNC)cc(Br)c1OCc1ccc(C)cc1. The summed E-state index contributed by atoms with van der Waals surface area (Å²) in [5.74, 6) is 1.52. The number of rotatable bonds is 7. The Morgan fingerprint density at radius 3 is 2.41 bits per heavy atom. The molecule has 0 radical (unpaired) electrons. The number of hydrogen-bond donors (Lipinski definition) is 1. The molecule has 2 aromatic rings. The molecule has 0 aliphatic heterocycles. The predicted octanol–water partition coefficient (Wildman–Crippen LogP) is 4.45. The van der Waals surface area contributed by atoms with E-state index in [4.69, 9.17) is 9.47 Å². The monoisotopic (exact) mass is 363 g/mol. The van der Waals surface area contributed by atoms with Crippen molar-refractivity contribution in [1.29, 1.82) is 0 Å². The Labute approximate surface area is 140 Å². The van der Waals surface area contributed by atoms with Crippen LogP contribution in [0.5, 0.6) is 11.5 Å². The lowest BCUT2D eigenvalue weighted by Crippen LogP contribution is -2.07. The Morgan fingerprint density at radius 2 is 1.77 bits per heavy atom. The van der Waals surface area contributed by atoms with Crippen LogP contribution in [0.2, 0.25) is 0 Å². The molecule has 0 heterocycles. The van der Waals surface area contributed by atoms with Crippen LogP contribution >= 0.6 is 15.9 Å². The Hall–Kier alpha value is -1.52. The molecule has 0 atom stereocenters. The molecule has 0 aliphatic rings. The smallest absolute Gasteiger partial charge is 0.175 e. The van der Waals surface area contributed by atoms with Crippen LogP contribution in [0.25, 0.3) is 0 Å². The molecule has 4 heteroatoms. The summed E-state index contributed by atoms with van der Waals surface area (Å²) in [6, 6.07) is 12.4. The molecule has 0 spiro atoms. The Kier molecular flexibility index (Phi) is 6.28. The highest BCUT2D eigenvalue weighted by molar-refractivity contribution is 9.10. The van der Waals surface area contributed by atoms with Crippen molar-refractivity contribution in [3.8, 4) is 11.5 Å². The molecule has 0 bridgehead atoms. The summed E-state index contributed by atoms with van der Waals surface area (Å²) in [5, 5.41) is 3.15. The number of halogens is 1. The molecule has 3 nitrogen and oxygen atoms in total. The summed E-state index contributed by atoms with van der Waals surface area (Å²) in [5.41, 5.74) is 3.54. The maximum absolute atomic E-state index is 5.99. The maximum atomic E-state index is 5.99. The molecule has 2 rings (SSSR count). The van der Waals surface area contributed by atoms with Crippen LogP contribution in [0.15, 0.2) is 40.9 Å². The van der Waals surface area contributed by atoms with E-state index in [0.717, 1.165) is 33.6 Å². The average molecular weight is 364 g/mol. The first-order chi connectivity index (χ1) is 10.6. The lowest BCUT2D eigenvalue weighted by atomic mass is 10.1. The lowest BCUT2D eigenvalue weighted by molar-refractivity contribution is 0.267. The molecule has 22 heavy (non-hydrogen) atoms. The summed E-state index contributed by atoms with van der Waals surface area (Å²) < 4.78 is 12.6. The van der Waals surface area contributed by atoms with Gasteiger partial charge >= 0.3 is 0 Å². The number of aryl methyl sites for hydroxylation is 1. The predicted molar refractivity (Wildman–Crippen MR) is 93.6 cm³/mol. The first-order valence-electron chi connectivity index (χ1n) is 7.42. The normalized spacial score (nSPS) is 10.5. The van der Waals surface area contributed by atoms with Crippen molar-refractivity contribution in [3.63, 3.8) is 0 Å². The van der Waals surface area contributed by atoms with E-state index in [0.29, 0.717) is 13.2 Å². The van der Waals surface area contributed by atoms with Crippen molar-refractivity contribution in [1.82, 2.24) is 5.32 Å². The van der Waals surface area contributed by atoms with Gasteiger partial charge in [-0.1, -0.05) is 29.8 Å². The number of nitrogens with one attached hydrogen (secondary N) is 1. The zero-order chi connectivity index (χ0) is 15.9. The summed E-state index contributed by atoms with van der Waals surface area (Å²) >= 11 is 3.59. The summed E-state index contributed by atoms with van der Waals surface area (Å²) in [6.07, 6.45) is 0. The van der Waals surface area contributed by atoms with Crippen molar-refractivity contribution < 1.29 is 9.47 Å². The second kappa shape index (κ2) is 8.20. The molecular formula is C18H22BrNO2. The first kappa shape index (κ1) is 16.8. The average Bonchev–Trinajstić information content (AvgIpc) is 2.49. The van der Waals surface area contributed by atoms with E-state index in [1.807, 2.05) is 20.0 Å². The van der Waals surface area contributed by atoms with E-state index in [9.17, 15) is 0 Å². The van der Waals surface area contributed by atoms with E-state index in [2.05, 4.69) is 58.5 Å². The van der Waals surface area contributed by atoms with Crippen molar-refractivity contribution >= 4 is 15.9 Å². The third-order valence-electron chi connectivity index (χ3n) is 3.25. The van der Waals surface area contributed by atoms with Crippen LogP contribution < -0.4 is 14.8 Å². The fourth-order valence-corrected chi connectivity index (χ4v) is 2.77. The van der Waals surface area contributed by atoms with Gasteiger partial charge in [0.15, 0.2) is 11.5 Å². The first-order valence-corrected chi connectivity index (χ1v) is 8.21. The van der Waals surface area contributed by atoms with Crippen LogP contribution in [-0.4, -0.2) is 13.7 Å². The highest BCUT2D eigenvalue weighted by Crippen LogP contribution is 2.37. The van der Waals surface area contributed by atoms with E-state index in [-0.39, 0.29) is 0 Å². The second-order valence-corrected chi connectivity index (χ2v) is 6.00. The quantitative estimate of drug-likeness (QED) is 0.787. The number of benzene rings is 2. The van der Waals surface area contributed by atoms with Gasteiger partial charge in [0.2, 0.25) is 0 Å². The molecular weight excluding hydrogens is 342 g/mol. The van der Waals surface area contributed by atoms with E-state index >= 15 is 0 Å². The molecule has 0 unspecified atom stereocenters. The van der Waals surface area contributed by atoms with Crippen molar-refractivity contribution in [3.05, 3.63) is 57.6 Å². The number of hydrogen-bond acceptors (Lipinski definition) is 3. The molecule has 0 amide bonds. The van der Waals surface area contributed by atoms with Crippen molar-refractivity contribution in [2.45, 2.75) is 27.0 Å². The van der Waals surface area contributed by atoms with Gasteiger partial charge in [-0.3, -0.25) is 0 Å². The molecule has 2 aromatic carbocycles. The fraction of sp³-hybridized carbons (Fsp3) is 0.333. The summed E-state index contributed by atoms with van der Waals surface area (Å²) in [6.45, 7) is 5.97. The highest BCUT2D eigenvalue weighted by atomic mass is 79.9. The lowest BCUT2D eigenvalue weighted by Gasteiger charge is -2.15. The second-order valence-electron chi connectivity index (χ2n) is 5.14. The minimum atomic E-state index is 0.518. The topological polar surface area (TPSA) is 30.5 Å². The van der Waals surface area contributed by atoms with Crippen LogP contribution in [0.4, 0.5) is 0 Å². The maximum Gasteiger partial charge on any atom is 0.175 e. The van der Waals surface area contributed by atoms with E-state index in [1.54, 1.807) is 0 Å². The molecule has 1 N–H and O–H groups in total. The van der Waals surface area contributed by atoms with E-state index in [1.165, 1.54) is 5.56 Å². The minimum absolute atomic E-state index is 0.518. The Morgan fingerprint density at radius 1 is 1.05 bits per heavy atom. The van der Waals surface area contributed by atoms with Crippen LogP contribution in [0.3, 0.4) is 0 Å². The van der Waals surface area contributed by atoms with Gasteiger partial charge in [-0.25, -0.2) is 0 Å². The Balaban J connectivity index is 2.19. The van der Waals surface area contributed by atoms with Gasteiger partial charge in [0.25, 0.3) is 0 Å². The summed E-state index contributed by atoms with van der Waals surface area (Å²) in [7, 11) is 1.93. The van der Waals surface area contributed by atoms with Gasteiger partial charge in [-0.2, -0.15) is 0 Å². The third-order valence-corrected chi connectivity index (χ3v) is 3.84. The molecule has 118 valence electrons. The van der Waals surface area contributed by atoms with Crippen LogP contribution in [-0.2, 0) is 13.2 Å². The minimum Gasteiger partial charge on any atom is -0.490 e. The van der Waals surface area contributed by atoms with Gasteiger partial charge in [-0.15, -0.1) is 0 Å². The molecule has 0 aromatic heterocycles. The summed E-state index contributed by atoms with van der Waals surface area (Å²) in [4.78, 5) is 0. The van der Waals surface area contributed by atoms with Gasteiger partial charge in [-0.05, 0) is 60.1 Å². The van der Waals surface area contributed by atoms with Crippen molar-refractivity contribution in [2.24, 2.45) is 0 Å². The van der Waals surface area contributed by atoms with Gasteiger partial charge < -0.3 is 14.8 Å².